The third-order valence-electron chi connectivity index (χ3n) is 3.77. The first-order valence-electron chi connectivity index (χ1n) is 6.16. The zero-order chi connectivity index (χ0) is 12.0. The minimum atomic E-state index is 0. The average Bonchev–Trinajstić information content (AvgIpc) is 2.18. The van der Waals surface area contributed by atoms with E-state index in [2.05, 4.69) is 10.6 Å². The Balaban J connectivity index is 0. The van der Waals surface area contributed by atoms with Crippen LogP contribution in [0.4, 0.5) is 0 Å². The van der Waals surface area contributed by atoms with Gasteiger partial charge in [-0.2, -0.15) is 0 Å². The molecule has 0 aromatic rings. The second-order valence-electron chi connectivity index (χ2n) is 4.49. The highest BCUT2D eigenvalue weighted by Gasteiger charge is 2.29. The van der Waals surface area contributed by atoms with Crippen molar-refractivity contribution in [3.63, 3.8) is 0 Å². The van der Waals surface area contributed by atoms with E-state index < -0.39 is 0 Å². The summed E-state index contributed by atoms with van der Waals surface area (Å²) in [6.07, 6.45) is 5.97. The molecule has 0 amide bonds. The Morgan fingerprint density at radius 3 is 1.11 bits per heavy atom. The van der Waals surface area contributed by atoms with E-state index in [-0.39, 0.29) is 24.8 Å². The Bertz CT molecular complexity index is 151. The second kappa shape index (κ2) is 11.3. The van der Waals surface area contributed by atoms with Crippen LogP contribution in [0, 0.1) is 0 Å². The zero-order valence-corrected chi connectivity index (χ0v) is 13.4. The summed E-state index contributed by atoms with van der Waals surface area (Å²) in [4.78, 5) is 0. The van der Waals surface area contributed by atoms with Gasteiger partial charge >= 0.3 is 0 Å². The summed E-state index contributed by atoms with van der Waals surface area (Å²) in [6.45, 7) is 0. The molecule has 2 saturated carbocycles. The predicted octanol–water partition coefficient (Wildman–Crippen LogP) is 1.61. The van der Waals surface area contributed by atoms with Gasteiger partial charge in [0.2, 0.25) is 0 Å². The Morgan fingerprint density at radius 1 is 0.722 bits per heavy atom. The van der Waals surface area contributed by atoms with Gasteiger partial charge in [0.1, 0.15) is 0 Å². The molecule has 0 spiro atoms. The van der Waals surface area contributed by atoms with E-state index in [0.29, 0.717) is 24.3 Å². The maximum absolute atomic E-state index is 5.13. The molecule has 4 nitrogen and oxygen atoms in total. The first kappa shape index (κ1) is 20.7. The topological polar surface area (TPSA) is 42.5 Å². The monoisotopic (exact) mass is 302 g/mol. The van der Waals surface area contributed by atoms with E-state index in [1.807, 2.05) is 14.1 Å². The maximum atomic E-state index is 5.13. The molecule has 2 N–H and O–H groups in total. The van der Waals surface area contributed by atoms with Crippen molar-refractivity contribution in [3.05, 3.63) is 0 Å². The van der Waals surface area contributed by atoms with Gasteiger partial charge in [-0.25, -0.2) is 0 Å². The summed E-state index contributed by atoms with van der Waals surface area (Å²) in [5.41, 5.74) is 0. The fourth-order valence-corrected chi connectivity index (χ4v) is 2.16. The highest BCUT2D eigenvalue weighted by atomic mass is 35.5. The number of ether oxygens (including phenoxy) is 2. The lowest BCUT2D eigenvalue weighted by Crippen LogP contribution is -2.47. The Morgan fingerprint density at radius 2 is 1.06 bits per heavy atom. The molecule has 0 aromatic heterocycles. The van der Waals surface area contributed by atoms with E-state index >= 15 is 0 Å². The van der Waals surface area contributed by atoms with Crippen LogP contribution in [0.25, 0.3) is 0 Å². The van der Waals surface area contributed by atoms with Gasteiger partial charge in [0, 0.05) is 26.3 Å². The van der Waals surface area contributed by atoms with Crippen molar-refractivity contribution >= 4 is 24.8 Å². The fourth-order valence-electron chi connectivity index (χ4n) is 2.16. The van der Waals surface area contributed by atoms with Crippen LogP contribution in [0.3, 0.4) is 0 Å². The number of likely N-dealkylation sites (N-methyl/N-ethyl adjacent to an activating group) is 2. The van der Waals surface area contributed by atoms with Crippen molar-refractivity contribution in [3.8, 4) is 0 Å². The Hall–Kier alpha value is 0.420. The normalized spacial score (nSPS) is 32.7. The van der Waals surface area contributed by atoms with Crippen LogP contribution >= 0.6 is 24.8 Å². The molecule has 0 radical (unpaired) electrons. The smallest absolute Gasteiger partial charge is 0.0724 e. The standard InChI is InChI=1S/2C6H13NO.2ClH/c2*1-7-5-3-4-6(5)8-2;;/h2*5-7H,3-4H2,1-2H3;2*1H/t2*5-,6+;;/m10../s1. The molecule has 2 fully saturated rings. The van der Waals surface area contributed by atoms with Gasteiger partial charge in [-0.3, -0.25) is 0 Å². The van der Waals surface area contributed by atoms with Crippen molar-refractivity contribution in [2.45, 2.75) is 50.0 Å². The van der Waals surface area contributed by atoms with Gasteiger partial charge < -0.3 is 20.1 Å². The van der Waals surface area contributed by atoms with E-state index in [9.17, 15) is 0 Å². The minimum absolute atomic E-state index is 0. The third-order valence-corrected chi connectivity index (χ3v) is 3.77. The average molecular weight is 303 g/mol. The molecule has 2 aliphatic rings. The van der Waals surface area contributed by atoms with Crippen LogP contribution in [-0.4, -0.2) is 52.6 Å². The molecule has 0 saturated heterocycles. The summed E-state index contributed by atoms with van der Waals surface area (Å²) in [5, 5.41) is 6.35. The Kier molecular flexibility index (Phi) is 13.0. The van der Waals surface area contributed by atoms with Crippen molar-refractivity contribution in [2.75, 3.05) is 28.3 Å². The molecule has 4 atom stereocenters. The molecule has 112 valence electrons. The van der Waals surface area contributed by atoms with E-state index in [1.165, 1.54) is 25.7 Å². The van der Waals surface area contributed by atoms with Gasteiger partial charge in [-0.05, 0) is 39.8 Å². The first-order chi connectivity index (χ1) is 7.76. The van der Waals surface area contributed by atoms with Crippen LogP contribution in [-0.2, 0) is 9.47 Å². The molecule has 6 heteroatoms. The first-order valence-corrected chi connectivity index (χ1v) is 6.16. The molecule has 2 rings (SSSR count). The Labute approximate surface area is 123 Å². The largest absolute Gasteiger partial charge is 0.380 e. The van der Waals surface area contributed by atoms with Gasteiger partial charge in [-0.1, -0.05) is 0 Å². The highest BCUT2D eigenvalue weighted by molar-refractivity contribution is 5.85. The summed E-state index contributed by atoms with van der Waals surface area (Å²) >= 11 is 0. The maximum Gasteiger partial charge on any atom is 0.0724 e. The van der Waals surface area contributed by atoms with Crippen molar-refractivity contribution in [2.24, 2.45) is 0 Å². The van der Waals surface area contributed by atoms with Crippen LogP contribution in [0.5, 0.6) is 0 Å². The predicted molar refractivity (Wildman–Crippen MR) is 80.3 cm³/mol. The third kappa shape index (κ3) is 5.59. The van der Waals surface area contributed by atoms with Gasteiger partial charge in [-0.15, -0.1) is 24.8 Å². The molecule has 18 heavy (non-hydrogen) atoms. The SMILES string of the molecule is CN[C@@H]1CC[C@@H]1OC.CN[C@H]1CC[C@H]1OC.Cl.Cl. The number of nitrogens with one attached hydrogen (secondary N) is 2. The number of methoxy groups -OCH3 is 2. The van der Waals surface area contributed by atoms with Gasteiger partial charge in [0.05, 0.1) is 12.2 Å². The van der Waals surface area contributed by atoms with Crippen molar-refractivity contribution in [1.29, 1.82) is 0 Å². The fraction of sp³-hybridized carbons (Fsp3) is 1.00. The number of halogens is 2. The molecule has 0 bridgehead atoms. The van der Waals surface area contributed by atoms with Crippen molar-refractivity contribution < 1.29 is 9.47 Å². The lowest BCUT2D eigenvalue weighted by molar-refractivity contribution is 0.00952. The summed E-state index contributed by atoms with van der Waals surface area (Å²) in [7, 11) is 7.51. The molecular weight excluding hydrogens is 275 g/mol. The van der Waals surface area contributed by atoms with E-state index in [0.717, 1.165) is 0 Å². The highest BCUT2D eigenvalue weighted by Crippen LogP contribution is 2.22. The molecular formula is C12H28Cl2N2O2. The van der Waals surface area contributed by atoms with Crippen LogP contribution in [0.15, 0.2) is 0 Å². The molecule has 0 aliphatic heterocycles. The van der Waals surface area contributed by atoms with Gasteiger partial charge in [0.15, 0.2) is 0 Å². The van der Waals surface area contributed by atoms with Gasteiger partial charge in [0.25, 0.3) is 0 Å². The minimum Gasteiger partial charge on any atom is -0.380 e. The molecule has 0 heterocycles. The number of hydrogen-bond donors (Lipinski definition) is 2. The van der Waals surface area contributed by atoms with Crippen LogP contribution in [0.1, 0.15) is 25.7 Å². The van der Waals surface area contributed by atoms with Crippen LogP contribution < -0.4 is 10.6 Å². The molecule has 2 aliphatic carbocycles. The second-order valence-corrected chi connectivity index (χ2v) is 4.49. The molecule has 0 unspecified atom stereocenters. The summed E-state index contributed by atoms with van der Waals surface area (Å²) < 4.78 is 10.3. The number of hydrogen-bond acceptors (Lipinski definition) is 4. The zero-order valence-electron chi connectivity index (χ0n) is 11.8. The summed E-state index contributed by atoms with van der Waals surface area (Å²) in [6, 6.07) is 1.25. The van der Waals surface area contributed by atoms with E-state index in [4.69, 9.17) is 9.47 Å². The molecule has 0 aromatic carbocycles. The number of rotatable bonds is 4. The van der Waals surface area contributed by atoms with Crippen molar-refractivity contribution in [1.82, 2.24) is 10.6 Å². The lowest BCUT2D eigenvalue weighted by Gasteiger charge is -2.34. The van der Waals surface area contributed by atoms with Crippen LogP contribution in [0.2, 0.25) is 0 Å². The van der Waals surface area contributed by atoms with E-state index in [1.54, 1.807) is 14.2 Å². The lowest BCUT2D eigenvalue weighted by atomic mass is 9.89. The summed E-state index contributed by atoms with van der Waals surface area (Å²) in [5.74, 6) is 0. The quantitative estimate of drug-likeness (QED) is 0.828.